The first kappa shape index (κ1) is 22.8. The minimum Gasteiger partial charge on any atom is -0.759 e. The van der Waals surface area contributed by atoms with E-state index in [1.54, 1.807) is 0 Å². The molecule has 0 aliphatic carbocycles. The molecule has 0 atom stereocenters. The Labute approximate surface area is 79.7 Å². The molecule has 76 valence electrons. The summed E-state index contributed by atoms with van der Waals surface area (Å²) in [5.74, 6) is 0. The van der Waals surface area contributed by atoms with Gasteiger partial charge in [-0.1, -0.05) is 0 Å². The Balaban J connectivity index is -0.0000000457. The molecule has 0 rings (SSSR count). The molecule has 0 aliphatic rings. The zero-order chi connectivity index (χ0) is 9.00. The van der Waals surface area contributed by atoms with Crippen LogP contribution in [-0.2, 0) is 38.2 Å². The summed E-state index contributed by atoms with van der Waals surface area (Å²) in [4.78, 5) is 0. The summed E-state index contributed by atoms with van der Waals surface area (Å²) in [5.41, 5.74) is 0. The molecule has 12 heavy (non-hydrogen) atoms. The molecule has 9 nitrogen and oxygen atoms in total. The quantitative estimate of drug-likeness (QED) is 0.371. The molecule has 0 saturated carbocycles. The minimum atomic E-state index is -5.17. The Hall–Kier alpha value is 0.232. The van der Waals surface area contributed by atoms with Crippen LogP contribution in [-0.4, -0.2) is 35.0 Å². The van der Waals surface area contributed by atoms with Gasteiger partial charge >= 0.3 is 17.4 Å². The molecule has 0 heterocycles. The predicted octanol–water partition coefficient (Wildman–Crippen LogP) is -2.30. The van der Waals surface area contributed by atoms with E-state index in [0.717, 1.165) is 0 Å². The third-order valence-electron chi connectivity index (χ3n) is 0. The summed E-state index contributed by atoms with van der Waals surface area (Å²) in [6.45, 7) is 0. The van der Waals surface area contributed by atoms with E-state index in [4.69, 9.17) is 35.0 Å². The molecular formula is H4CrNO8S2-. The van der Waals surface area contributed by atoms with Crippen LogP contribution in [0.3, 0.4) is 0 Å². The van der Waals surface area contributed by atoms with Crippen molar-refractivity contribution in [2.24, 2.45) is 0 Å². The summed E-state index contributed by atoms with van der Waals surface area (Å²) in [7, 11) is -10.3. The third kappa shape index (κ3) is 16100. The van der Waals surface area contributed by atoms with E-state index in [9.17, 15) is 0 Å². The van der Waals surface area contributed by atoms with Crippen molar-refractivity contribution < 1.29 is 52.4 Å². The van der Waals surface area contributed by atoms with Crippen LogP contribution in [0.4, 0.5) is 0 Å². The van der Waals surface area contributed by atoms with Gasteiger partial charge in [-0.25, -0.2) is 0 Å². The van der Waals surface area contributed by atoms with E-state index >= 15 is 0 Å². The molecule has 0 aromatic heterocycles. The largest absolute Gasteiger partial charge is 2.00 e. The molecule has 0 aliphatic heterocycles. The molecule has 4 N–H and O–H groups in total. The number of hydrogen-bond donors (Lipinski definition) is 1. The van der Waals surface area contributed by atoms with Gasteiger partial charge in [0.05, 0.1) is 0 Å². The van der Waals surface area contributed by atoms with Gasteiger partial charge in [0.15, 0.2) is 0 Å². The van der Waals surface area contributed by atoms with E-state index in [-0.39, 0.29) is 23.5 Å². The average molecular weight is 262 g/mol. The van der Waals surface area contributed by atoms with E-state index in [0.29, 0.717) is 0 Å². The topological polar surface area (TPSA) is 197 Å². The predicted molar refractivity (Wildman–Crippen MR) is 26.9 cm³/mol. The van der Waals surface area contributed by atoms with Gasteiger partial charge in [-0.2, -0.15) is 0 Å². The standard InChI is InChI=1S/Cr.H3N.2H2O4S/c;;2*1-5(2,3)4/h;1H3;2*(H2,1,2,3,4)/q+2;;;/p-3. The minimum absolute atomic E-state index is 0. The zero-order valence-corrected chi connectivity index (χ0v) is 8.40. The maximum Gasteiger partial charge on any atom is 2.00 e. The fourth-order valence-corrected chi connectivity index (χ4v) is 0. The second-order valence-corrected chi connectivity index (χ2v) is 2.45. The van der Waals surface area contributed by atoms with Crippen molar-refractivity contribution >= 4 is 20.8 Å². The maximum absolute atomic E-state index is 8.52. The Bertz CT molecular complexity index is 213. The van der Waals surface area contributed by atoms with E-state index < -0.39 is 20.8 Å². The van der Waals surface area contributed by atoms with Gasteiger partial charge < -0.3 is 24.4 Å². The van der Waals surface area contributed by atoms with Crippen molar-refractivity contribution in [3.8, 4) is 0 Å². The van der Waals surface area contributed by atoms with E-state index in [2.05, 4.69) is 0 Å². The van der Waals surface area contributed by atoms with E-state index in [1.165, 1.54) is 0 Å². The number of hydrogen-bond acceptors (Lipinski definition) is 8. The molecule has 0 spiro atoms. The summed E-state index contributed by atoms with van der Waals surface area (Å²) < 4.78 is 68.2. The number of rotatable bonds is 0. The van der Waals surface area contributed by atoms with Crippen LogP contribution in [0.1, 0.15) is 0 Å². The molecular weight excluding hydrogens is 258 g/mol. The van der Waals surface area contributed by atoms with Gasteiger partial charge in [0.25, 0.3) is 0 Å². The summed E-state index contributed by atoms with van der Waals surface area (Å²) in [5, 5.41) is 0. The smallest absolute Gasteiger partial charge is 0.759 e. The Kier molecular flexibility index (Phi) is 14.9. The molecule has 12 heteroatoms. The number of quaternary nitrogens is 1. The second kappa shape index (κ2) is 7.86. The first-order valence-corrected chi connectivity index (χ1v) is 4.00. The first-order valence-electron chi connectivity index (χ1n) is 1.33. The van der Waals surface area contributed by atoms with Crippen LogP contribution in [0.2, 0.25) is 0 Å². The normalized spacial score (nSPS) is 9.67. The van der Waals surface area contributed by atoms with Crippen molar-refractivity contribution in [2.45, 2.75) is 0 Å². The molecule has 0 radical (unpaired) electrons. The molecule has 0 unspecified atom stereocenters. The summed E-state index contributed by atoms with van der Waals surface area (Å²) >= 11 is 0. The fraction of sp³-hybridized carbons (Fsp3) is 0. The second-order valence-electron chi connectivity index (χ2n) is 0.816. The third-order valence-corrected chi connectivity index (χ3v) is 0. The monoisotopic (exact) mass is 262 g/mol. The van der Waals surface area contributed by atoms with Crippen molar-refractivity contribution in [1.82, 2.24) is 6.15 Å². The van der Waals surface area contributed by atoms with Crippen LogP contribution >= 0.6 is 0 Å². The Morgan fingerprint density at radius 2 is 0.667 bits per heavy atom. The molecule has 0 amide bonds. The van der Waals surface area contributed by atoms with E-state index in [1.807, 2.05) is 0 Å². The van der Waals surface area contributed by atoms with Gasteiger partial charge in [0.1, 0.15) is 0 Å². The van der Waals surface area contributed by atoms with Gasteiger partial charge in [-0.15, -0.1) is 0 Å². The molecule has 0 fully saturated rings. The van der Waals surface area contributed by atoms with Crippen molar-refractivity contribution in [1.29, 1.82) is 0 Å². The van der Waals surface area contributed by atoms with Gasteiger partial charge in [0.2, 0.25) is 0 Å². The average Bonchev–Trinajstić information content (AvgIpc) is 1.12. The summed E-state index contributed by atoms with van der Waals surface area (Å²) in [6.07, 6.45) is 0. The van der Waals surface area contributed by atoms with Crippen molar-refractivity contribution in [2.75, 3.05) is 0 Å². The van der Waals surface area contributed by atoms with Gasteiger partial charge in [0, 0.05) is 20.8 Å². The van der Waals surface area contributed by atoms with Gasteiger partial charge in [-0.3, -0.25) is 16.8 Å². The van der Waals surface area contributed by atoms with Crippen LogP contribution in [0.5, 0.6) is 0 Å². The molecule has 0 saturated heterocycles. The molecule has 0 aromatic rings. The van der Waals surface area contributed by atoms with Crippen LogP contribution in [0, 0.1) is 0 Å². The Morgan fingerprint density at radius 1 is 0.667 bits per heavy atom. The van der Waals surface area contributed by atoms with Gasteiger partial charge in [-0.05, 0) is 0 Å². The molecule has 0 bridgehead atoms. The first-order chi connectivity index (χ1) is 4.00. The van der Waals surface area contributed by atoms with Crippen LogP contribution < -0.4 is 6.15 Å². The summed E-state index contributed by atoms with van der Waals surface area (Å²) in [6, 6.07) is 0. The zero-order valence-electron chi connectivity index (χ0n) is 5.49. The van der Waals surface area contributed by atoms with Crippen molar-refractivity contribution in [3.05, 3.63) is 0 Å². The molecule has 0 aromatic carbocycles. The Morgan fingerprint density at radius 3 is 0.667 bits per heavy atom. The fourth-order valence-electron chi connectivity index (χ4n) is 0. The maximum atomic E-state index is 8.52. The van der Waals surface area contributed by atoms with Crippen LogP contribution in [0.15, 0.2) is 0 Å². The van der Waals surface area contributed by atoms with Crippen LogP contribution in [0.25, 0.3) is 0 Å². The SMILES string of the molecule is O=S(=O)([O-])[O-].O=S(=O)([O-])[O-].[Cr+2].[NH4+]. The van der Waals surface area contributed by atoms with Crippen molar-refractivity contribution in [3.63, 3.8) is 0 Å².